The third-order valence-corrected chi connectivity index (χ3v) is 2.20. The minimum atomic E-state index is -0.157. The molecule has 0 spiro atoms. The highest BCUT2D eigenvalue weighted by Gasteiger charge is 2.18. The maximum atomic E-state index is 6.15. The first kappa shape index (κ1) is 9.27. The summed E-state index contributed by atoms with van der Waals surface area (Å²) in [6, 6.07) is 10.3. The fraction of sp³-hybridized carbons (Fsp3) is 0.455. The lowest BCUT2D eigenvalue weighted by Crippen LogP contribution is -2.32. The quantitative estimate of drug-likeness (QED) is 0.728. The second-order valence-corrected chi connectivity index (χ2v) is 3.53. The number of hydrogen-bond donors (Lipinski definition) is 1. The molecule has 0 heterocycles. The van der Waals surface area contributed by atoms with E-state index in [0.717, 1.165) is 12.8 Å². The highest BCUT2D eigenvalue weighted by atomic mass is 14.7. The molecule has 1 nitrogen and oxygen atoms in total. The van der Waals surface area contributed by atoms with Gasteiger partial charge in [0.1, 0.15) is 0 Å². The van der Waals surface area contributed by atoms with Gasteiger partial charge in [-0.3, -0.25) is 0 Å². The highest BCUT2D eigenvalue weighted by Crippen LogP contribution is 2.22. The molecule has 1 unspecified atom stereocenters. The van der Waals surface area contributed by atoms with Gasteiger partial charge in [0.05, 0.1) is 0 Å². The average Bonchev–Trinajstić information content (AvgIpc) is 2.06. The molecule has 1 atom stereocenters. The molecular formula is C11H17N. The first-order valence-electron chi connectivity index (χ1n) is 4.51. The van der Waals surface area contributed by atoms with E-state index in [9.17, 15) is 0 Å². The zero-order chi connectivity index (χ0) is 9.03. The maximum absolute atomic E-state index is 6.15. The summed E-state index contributed by atoms with van der Waals surface area (Å²) in [7, 11) is 0. The van der Waals surface area contributed by atoms with E-state index >= 15 is 0 Å². The number of hydrogen-bond acceptors (Lipinski definition) is 1. The van der Waals surface area contributed by atoms with Crippen molar-refractivity contribution in [3.05, 3.63) is 35.9 Å². The summed E-state index contributed by atoms with van der Waals surface area (Å²) in [6.07, 6.45) is 2.17. The van der Waals surface area contributed by atoms with Gasteiger partial charge in [-0.1, -0.05) is 43.7 Å². The largest absolute Gasteiger partial charge is 0.322 e. The van der Waals surface area contributed by atoms with Crippen LogP contribution in [0.25, 0.3) is 0 Å². The van der Waals surface area contributed by atoms with E-state index in [4.69, 9.17) is 5.73 Å². The van der Waals surface area contributed by atoms with Crippen LogP contribution in [0.15, 0.2) is 30.3 Å². The third-order valence-electron chi connectivity index (χ3n) is 2.20. The van der Waals surface area contributed by atoms with Gasteiger partial charge in [0.25, 0.3) is 0 Å². The van der Waals surface area contributed by atoms with Crippen LogP contribution in [0.2, 0.25) is 0 Å². The molecular weight excluding hydrogens is 146 g/mol. The van der Waals surface area contributed by atoms with Crippen molar-refractivity contribution < 1.29 is 0 Å². The van der Waals surface area contributed by atoms with Crippen molar-refractivity contribution >= 4 is 0 Å². The van der Waals surface area contributed by atoms with Crippen LogP contribution in [-0.4, -0.2) is 0 Å². The lowest BCUT2D eigenvalue weighted by molar-refractivity contribution is 0.447. The van der Waals surface area contributed by atoms with Gasteiger partial charge in [-0.15, -0.1) is 0 Å². The number of rotatable bonds is 3. The third kappa shape index (κ3) is 2.08. The Morgan fingerprint density at radius 2 is 1.83 bits per heavy atom. The fourth-order valence-corrected chi connectivity index (χ4v) is 1.48. The summed E-state index contributed by atoms with van der Waals surface area (Å²) in [5.74, 6) is 0. The van der Waals surface area contributed by atoms with E-state index in [-0.39, 0.29) is 5.54 Å². The molecule has 0 aliphatic carbocycles. The predicted molar refractivity (Wildman–Crippen MR) is 52.9 cm³/mol. The SMILES string of the molecule is CCCC(C)(N)c1ccccc1. The van der Waals surface area contributed by atoms with Crippen LogP contribution in [0, 0.1) is 0 Å². The van der Waals surface area contributed by atoms with Crippen molar-refractivity contribution in [3.63, 3.8) is 0 Å². The van der Waals surface area contributed by atoms with Crippen molar-refractivity contribution in [2.75, 3.05) is 0 Å². The van der Waals surface area contributed by atoms with Crippen LogP contribution in [0.3, 0.4) is 0 Å². The second-order valence-electron chi connectivity index (χ2n) is 3.53. The Bertz CT molecular complexity index is 226. The smallest absolute Gasteiger partial charge is 0.0380 e. The van der Waals surface area contributed by atoms with Crippen molar-refractivity contribution in [3.8, 4) is 0 Å². The molecule has 12 heavy (non-hydrogen) atoms. The van der Waals surface area contributed by atoms with E-state index in [0.29, 0.717) is 0 Å². The van der Waals surface area contributed by atoms with Gasteiger partial charge in [-0.2, -0.15) is 0 Å². The molecule has 66 valence electrons. The van der Waals surface area contributed by atoms with E-state index in [2.05, 4.69) is 26.0 Å². The molecule has 0 amide bonds. The summed E-state index contributed by atoms with van der Waals surface area (Å²) in [5.41, 5.74) is 7.22. The molecule has 2 N–H and O–H groups in total. The van der Waals surface area contributed by atoms with Crippen molar-refractivity contribution in [1.29, 1.82) is 0 Å². The Labute approximate surface area is 74.6 Å². The van der Waals surface area contributed by atoms with Gasteiger partial charge in [0, 0.05) is 5.54 Å². The fourth-order valence-electron chi connectivity index (χ4n) is 1.48. The zero-order valence-corrected chi connectivity index (χ0v) is 7.88. The zero-order valence-electron chi connectivity index (χ0n) is 7.88. The summed E-state index contributed by atoms with van der Waals surface area (Å²) in [6.45, 7) is 4.25. The summed E-state index contributed by atoms with van der Waals surface area (Å²) < 4.78 is 0. The molecule has 0 saturated heterocycles. The van der Waals surface area contributed by atoms with E-state index in [1.165, 1.54) is 5.56 Å². The Hall–Kier alpha value is -0.820. The Morgan fingerprint density at radius 1 is 1.25 bits per heavy atom. The Morgan fingerprint density at radius 3 is 2.33 bits per heavy atom. The van der Waals surface area contributed by atoms with E-state index in [1.54, 1.807) is 0 Å². The van der Waals surface area contributed by atoms with Crippen molar-refractivity contribution in [2.24, 2.45) is 5.73 Å². The first-order chi connectivity index (χ1) is 5.67. The van der Waals surface area contributed by atoms with Crippen LogP contribution >= 0.6 is 0 Å². The lowest BCUT2D eigenvalue weighted by Gasteiger charge is -2.24. The summed E-state index contributed by atoms with van der Waals surface area (Å²) >= 11 is 0. The predicted octanol–water partition coefficient (Wildman–Crippen LogP) is 2.66. The molecule has 1 heteroatoms. The monoisotopic (exact) mass is 163 g/mol. The molecule has 0 aromatic heterocycles. The van der Waals surface area contributed by atoms with Gasteiger partial charge in [0.15, 0.2) is 0 Å². The minimum Gasteiger partial charge on any atom is -0.322 e. The van der Waals surface area contributed by atoms with Gasteiger partial charge >= 0.3 is 0 Å². The van der Waals surface area contributed by atoms with Crippen LogP contribution in [0.4, 0.5) is 0 Å². The lowest BCUT2D eigenvalue weighted by atomic mass is 9.89. The second kappa shape index (κ2) is 3.72. The van der Waals surface area contributed by atoms with Crippen LogP contribution in [0.5, 0.6) is 0 Å². The van der Waals surface area contributed by atoms with Gasteiger partial charge in [-0.25, -0.2) is 0 Å². The number of nitrogens with two attached hydrogens (primary N) is 1. The van der Waals surface area contributed by atoms with Gasteiger partial charge < -0.3 is 5.73 Å². The van der Waals surface area contributed by atoms with Crippen molar-refractivity contribution in [1.82, 2.24) is 0 Å². The molecule has 1 aromatic carbocycles. The maximum Gasteiger partial charge on any atom is 0.0380 e. The molecule has 0 bridgehead atoms. The molecule has 1 aromatic rings. The Balaban J connectivity index is 2.82. The van der Waals surface area contributed by atoms with Crippen molar-refractivity contribution in [2.45, 2.75) is 32.2 Å². The molecule has 0 saturated carbocycles. The summed E-state index contributed by atoms with van der Waals surface area (Å²) in [5, 5.41) is 0. The van der Waals surface area contributed by atoms with Crippen LogP contribution < -0.4 is 5.73 Å². The molecule has 1 rings (SSSR count). The molecule has 0 aliphatic rings. The number of benzene rings is 1. The topological polar surface area (TPSA) is 26.0 Å². The normalized spacial score (nSPS) is 15.6. The first-order valence-corrected chi connectivity index (χ1v) is 4.51. The van der Waals surface area contributed by atoms with Gasteiger partial charge in [0.2, 0.25) is 0 Å². The summed E-state index contributed by atoms with van der Waals surface area (Å²) in [4.78, 5) is 0. The highest BCUT2D eigenvalue weighted by molar-refractivity contribution is 5.22. The van der Waals surface area contributed by atoms with E-state index in [1.807, 2.05) is 18.2 Å². The molecule has 0 fully saturated rings. The van der Waals surface area contributed by atoms with Crippen LogP contribution in [-0.2, 0) is 5.54 Å². The van der Waals surface area contributed by atoms with E-state index < -0.39 is 0 Å². The minimum absolute atomic E-state index is 0.157. The molecule has 0 radical (unpaired) electrons. The molecule has 0 aliphatic heterocycles. The van der Waals surface area contributed by atoms with Crippen LogP contribution in [0.1, 0.15) is 32.3 Å². The average molecular weight is 163 g/mol. The standard InChI is InChI=1S/C11H17N/c1-3-9-11(2,12)10-7-5-4-6-8-10/h4-8H,3,9,12H2,1-2H3. The Kier molecular flexibility index (Phi) is 2.88. The van der Waals surface area contributed by atoms with Gasteiger partial charge in [-0.05, 0) is 18.9 Å².